The number of nitrogens with one attached hydrogen (secondary N) is 1. The van der Waals surface area contributed by atoms with Crippen LogP contribution in [0.3, 0.4) is 0 Å². The summed E-state index contributed by atoms with van der Waals surface area (Å²) in [6, 6.07) is -1.22. The number of nitrogens with zero attached hydrogens (tertiary/aromatic N) is 1. The van der Waals surface area contributed by atoms with Crippen LogP contribution in [0.25, 0.3) is 0 Å². The highest BCUT2D eigenvalue weighted by Gasteiger charge is 2.22. The number of amides is 1. The monoisotopic (exact) mass is 259 g/mol. The van der Waals surface area contributed by atoms with Gasteiger partial charge in [0.1, 0.15) is 0 Å². The fraction of sp³-hybridized carbons (Fsp3) is 0.833. The van der Waals surface area contributed by atoms with Gasteiger partial charge in [0.25, 0.3) is 0 Å². The third-order valence-electron chi connectivity index (χ3n) is 2.67. The molecule has 0 saturated heterocycles. The smallest absolute Gasteiger partial charge is 0.332 e. The molecule has 0 aromatic carbocycles. The topological polar surface area (TPSA) is 84.7 Å². The Bertz CT molecular complexity index is 255. The van der Waals surface area contributed by atoms with E-state index in [4.69, 9.17) is 5.73 Å². The molecule has 1 atom stereocenters. The van der Waals surface area contributed by atoms with Crippen LogP contribution in [0.4, 0.5) is 0 Å². The zero-order valence-corrected chi connectivity index (χ0v) is 11.6. The maximum Gasteiger partial charge on any atom is 0.332 e. The van der Waals surface area contributed by atoms with E-state index in [2.05, 4.69) is 28.8 Å². The van der Waals surface area contributed by atoms with Crippen molar-refractivity contribution in [3.05, 3.63) is 0 Å². The molecular weight excluding hydrogens is 234 g/mol. The van der Waals surface area contributed by atoms with Gasteiger partial charge >= 0.3 is 5.97 Å². The Morgan fingerprint density at radius 3 is 2.39 bits per heavy atom. The van der Waals surface area contributed by atoms with Gasteiger partial charge in [0.05, 0.1) is 6.61 Å². The molecule has 6 heteroatoms. The zero-order chi connectivity index (χ0) is 14.0. The van der Waals surface area contributed by atoms with Crippen LogP contribution in [-0.2, 0) is 14.3 Å². The highest BCUT2D eigenvalue weighted by atomic mass is 16.5. The summed E-state index contributed by atoms with van der Waals surface area (Å²) < 4.78 is 4.67. The van der Waals surface area contributed by atoms with Crippen molar-refractivity contribution < 1.29 is 14.3 Å². The van der Waals surface area contributed by atoms with Crippen molar-refractivity contribution in [1.29, 1.82) is 0 Å². The largest absolute Gasteiger partial charge is 0.464 e. The van der Waals surface area contributed by atoms with Crippen LogP contribution in [0.1, 0.15) is 27.2 Å². The predicted octanol–water partition coefficient (Wildman–Crippen LogP) is -0.275. The molecule has 0 aliphatic rings. The molecule has 106 valence electrons. The minimum absolute atomic E-state index is 0.224. The molecule has 0 aliphatic heterocycles. The average Bonchev–Trinajstić information content (AvgIpc) is 2.38. The fourth-order valence-corrected chi connectivity index (χ4v) is 1.50. The third-order valence-corrected chi connectivity index (χ3v) is 2.67. The summed E-state index contributed by atoms with van der Waals surface area (Å²) >= 11 is 0. The number of rotatable bonds is 9. The van der Waals surface area contributed by atoms with Gasteiger partial charge in [-0.1, -0.05) is 13.8 Å². The van der Waals surface area contributed by atoms with E-state index in [1.165, 1.54) is 0 Å². The van der Waals surface area contributed by atoms with Crippen molar-refractivity contribution >= 4 is 11.9 Å². The lowest BCUT2D eigenvalue weighted by atomic mass is 10.3. The quantitative estimate of drug-likeness (QED) is 0.338. The van der Waals surface area contributed by atoms with Crippen molar-refractivity contribution in [3.63, 3.8) is 0 Å². The molecule has 0 bridgehead atoms. The Morgan fingerprint density at radius 1 is 1.28 bits per heavy atom. The summed E-state index contributed by atoms with van der Waals surface area (Å²) in [6.07, 6.45) is 0.836. The van der Waals surface area contributed by atoms with Crippen LogP contribution in [0.2, 0.25) is 0 Å². The van der Waals surface area contributed by atoms with Gasteiger partial charge in [-0.3, -0.25) is 4.79 Å². The van der Waals surface area contributed by atoms with Gasteiger partial charge < -0.3 is 20.7 Å². The number of esters is 1. The second kappa shape index (κ2) is 9.85. The minimum atomic E-state index is -1.22. The van der Waals surface area contributed by atoms with Crippen LogP contribution in [0, 0.1) is 0 Å². The molecule has 1 amide bonds. The molecular formula is C12H25N3O3. The summed E-state index contributed by atoms with van der Waals surface area (Å²) in [5.74, 6) is -1.16. The summed E-state index contributed by atoms with van der Waals surface area (Å²) in [5.41, 5.74) is 5.44. The third kappa shape index (κ3) is 6.56. The molecule has 0 aliphatic carbocycles. The molecule has 0 heterocycles. The van der Waals surface area contributed by atoms with Crippen molar-refractivity contribution in [1.82, 2.24) is 10.2 Å². The number of carbonyl (C=O) groups is 2. The van der Waals surface area contributed by atoms with E-state index >= 15 is 0 Å². The SMILES string of the molecule is CCOC(=O)C(N)C(=O)NCCCN(CC)CC. The molecule has 1 unspecified atom stereocenters. The number of hydrogen-bond donors (Lipinski definition) is 2. The van der Waals surface area contributed by atoms with E-state index in [0.29, 0.717) is 6.54 Å². The molecule has 0 spiro atoms. The van der Waals surface area contributed by atoms with E-state index in [1.807, 2.05) is 0 Å². The Hall–Kier alpha value is -1.14. The Balaban J connectivity index is 3.79. The Morgan fingerprint density at radius 2 is 1.89 bits per heavy atom. The van der Waals surface area contributed by atoms with Crippen molar-refractivity contribution in [3.8, 4) is 0 Å². The minimum Gasteiger partial charge on any atom is -0.464 e. The first-order valence-electron chi connectivity index (χ1n) is 6.49. The normalized spacial score (nSPS) is 12.3. The van der Waals surface area contributed by atoms with E-state index in [9.17, 15) is 9.59 Å². The molecule has 0 aromatic heterocycles. The lowest BCUT2D eigenvalue weighted by Crippen LogP contribution is -2.47. The predicted molar refractivity (Wildman–Crippen MR) is 70.0 cm³/mol. The van der Waals surface area contributed by atoms with Gasteiger partial charge in [-0.2, -0.15) is 0 Å². The average molecular weight is 259 g/mol. The second-order valence-corrected chi connectivity index (χ2v) is 3.90. The zero-order valence-electron chi connectivity index (χ0n) is 11.6. The van der Waals surface area contributed by atoms with Gasteiger partial charge in [0.15, 0.2) is 6.04 Å². The van der Waals surface area contributed by atoms with Crippen LogP contribution in [0.5, 0.6) is 0 Å². The van der Waals surface area contributed by atoms with Gasteiger partial charge in [-0.05, 0) is 33.0 Å². The molecule has 0 fully saturated rings. The fourth-order valence-electron chi connectivity index (χ4n) is 1.50. The van der Waals surface area contributed by atoms with Crippen LogP contribution >= 0.6 is 0 Å². The number of nitrogens with two attached hydrogens (primary N) is 1. The van der Waals surface area contributed by atoms with E-state index in [-0.39, 0.29) is 6.61 Å². The van der Waals surface area contributed by atoms with Crippen LogP contribution in [-0.4, -0.2) is 55.6 Å². The van der Waals surface area contributed by atoms with Crippen molar-refractivity contribution in [2.75, 3.05) is 32.8 Å². The maximum absolute atomic E-state index is 11.5. The molecule has 0 rings (SSSR count). The van der Waals surface area contributed by atoms with E-state index in [1.54, 1.807) is 6.92 Å². The first-order chi connectivity index (χ1) is 8.56. The standard InChI is InChI=1S/C12H25N3O3/c1-4-15(5-2)9-7-8-14-11(16)10(13)12(17)18-6-3/h10H,4-9,13H2,1-3H3,(H,14,16). The molecule has 0 aromatic rings. The molecule has 0 radical (unpaired) electrons. The first-order valence-corrected chi connectivity index (χ1v) is 6.49. The van der Waals surface area contributed by atoms with Crippen LogP contribution < -0.4 is 11.1 Å². The molecule has 3 N–H and O–H groups in total. The van der Waals surface area contributed by atoms with Gasteiger partial charge in [0.2, 0.25) is 5.91 Å². The lowest BCUT2D eigenvalue weighted by molar-refractivity contribution is -0.147. The van der Waals surface area contributed by atoms with Crippen molar-refractivity contribution in [2.45, 2.75) is 33.2 Å². The first kappa shape index (κ1) is 16.9. The maximum atomic E-state index is 11.5. The lowest BCUT2D eigenvalue weighted by Gasteiger charge is -2.18. The van der Waals surface area contributed by atoms with Gasteiger partial charge in [0, 0.05) is 6.54 Å². The number of hydrogen-bond acceptors (Lipinski definition) is 5. The summed E-state index contributed by atoms with van der Waals surface area (Å²) in [4.78, 5) is 25.0. The van der Waals surface area contributed by atoms with Gasteiger partial charge in [-0.15, -0.1) is 0 Å². The highest BCUT2D eigenvalue weighted by molar-refractivity contribution is 6.01. The highest BCUT2D eigenvalue weighted by Crippen LogP contribution is 1.90. The molecule has 0 saturated carbocycles. The summed E-state index contributed by atoms with van der Waals surface area (Å²) in [6.45, 7) is 9.51. The van der Waals surface area contributed by atoms with Gasteiger partial charge in [-0.25, -0.2) is 4.79 Å². The number of ether oxygens (including phenoxy) is 1. The Labute approximate surface area is 109 Å². The van der Waals surface area contributed by atoms with Crippen molar-refractivity contribution in [2.24, 2.45) is 5.73 Å². The van der Waals surface area contributed by atoms with E-state index < -0.39 is 17.9 Å². The summed E-state index contributed by atoms with van der Waals surface area (Å²) in [7, 11) is 0. The van der Waals surface area contributed by atoms with E-state index in [0.717, 1.165) is 26.1 Å². The number of carbonyl (C=O) groups excluding carboxylic acids is 2. The summed E-state index contributed by atoms with van der Waals surface area (Å²) in [5, 5.41) is 2.63. The molecule has 18 heavy (non-hydrogen) atoms. The van der Waals surface area contributed by atoms with Crippen LogP contribution in [0.15, 0.2) is 0 Å². The second-order valence-electron chi connectivity index (χ2n) is 3.90. The molecule has 6 nitrogen and oxygen atoms in total. The Kier molecular flexibility index (Phi) is 9.22.